The highest BCUT2D eigenvalue weighted by molar-refractivity contribution is 5.79. The van der Waals surface area contributed by atoms with Crippen LogP contribution in [0.1, 0.15) is 19.3 Å². The van der Waals surface area contributed by atoms with Gasteiger partial charge in [0.1, 0.15) is 6.61 Å². The zero-order valence-electron chi connectivity index (χ0n) is 8.38. The van der Waals surface area contributed by atoms with Gasteiger partial charge in [-0.05, 0) is 31.1 Å². The number of hydrogen-bond acceptors (Lipinski definition) is 2. The predicted octanol–water partition coefficient (Wildman–Crippen LogP) is 0.776. The first kappa shape index (κ1) is 10.8. The lowest BCUT2D eigenvalue weighted by molar-refractivity contribution is -0.128. The number of alkyl halides is 2. The molecular weight excluding hydrogens is 204 g/mol. The molecule has 2 saturated carbocycles. The molecule has 5 heteroatoms. The maximum absolute atomic E-state index is 12.6. The van der Waals surface area contributed by atoms with Crippen LogP contribution in [0.2, 0.25) is 0 Å². The van der Waals surface area contributed by atoms with Gasteiger partial charge in [0.25, 0.3) is 5.92 Å². The van der Waals surface area contributed by atoms with Gasteiger partial charge in [-0.15, -0.1) is 0 Å². The van der Waals surface area contributed by atoms with E-state index in [1.807, 2.05) is 0 Å². The monoisotopic (exact) mass is 219 g/mol. The molecule has 2 fully saturated rings. The second kappa shape index (κ2) is 3.70. The molecule has 2 N–H and O–H groups in total. The molecule has 1 amide bonds. The summed E-state index contributed by atoms with van der Waals surface area (Å²) in [6.07, 6.45) is 2.90. The lowest BCUT2D eigenvalue weighted by Crippen LogP contribution is -2.41. The lowest BCUT2D eigenvalue weighted by Gasteiger charge is -2.16. The second-order valence-electron chi connectivity index (χ2n) is 4.66. The Balaban J connectivity index is 1.73. The fourth-order valence-corrected chi connectivity index (χ4v) is 2.35. The van der Waals surface area contributed by atoms with Crippen molar-refractivity contribution in [2.75, 3.05) is 13.2 Å². The van der Waals surface area contributed by atoms with Crippen LogP contribution in [0.3, 0.4) is 0 Å². The van der Waals surface area contributed by atoms with Crippen molar-refractivity contribution < 1.29 is 18.7 Å². The zero-order chi connectivity index (χ0) is 11.1. The van der Waals surface area contributed by atoms with Crippen LogP contribution in [-0.4, -0.2) is 30.1 Å². The van der Waals surface area contributed by atoms with Crippen molar-refractivity contribution in [2.45, 2.75) is 25.2 Å². The van der Waals surface area contributed by atoms with Gasteiger partial charge in [0.05, 0.1) is 6.54 Å². The number of fused-ring (bicyclic) bond motifs is 1. The van der Waals surface area contributed by atoms with E-state index in [1.165, 1.54) is 6.42 Å². The van der Waals surface area contributed by atoms with Crippen LogP contribution in [0.4, 0.5) is 8.78 Å². The normalized spacial score (nSPS) is 33.7. The van der Waals surface area contributed by atoms with E-state index in [2.05, 4.69) is 5.32 Å². The van der Waals surface area contributed by atoms with Crippen molar-refractivity contribution in [3.63, 3.8) is 0 Å². The third-order valence-electron chi connectivity index (χ3n) is 3.37. The summed E-state index contributed by atoms with van der Waals surface area (Å²) >= 11 is 0. The summed E-state index contributed by atoms with van der Waals surface area (Å²) in [4.78, 5) is 11.4. The Bertz CT molecular complexity index is 260. The molecule has 2 rings (SSSR count). The molecule has 0 aromatic rings. The third-order valence-corrected chi connectivity index (χ3v) is 3.37. The standard InChI is InChI=1S/C10H15F2NO2/c11-10(12,5-14)4-13-9(15)8-2-6-1-7(6)3-8/h6-8,14H,1-5H2,(H,13,15). The summed E-state index contributed by atoms with van der Waals surface area (Å²) in [7, 11) is 0. The Labute approximate surface area is 86.8 Å². The SMILES string of the molecule is O=C(NCC(F)(F)CO)C1CC2CC2C1. The first-order chi connectivity index (χ1) is 7.02. The smallest absolute Gasteiger partial charge is 0.287 e. The highest BCUT2D eigenvalue weighted by atomic mass is 19.3. The minimum atomic E-state index is -3.20. The molecule has 0 radical (unpaired) electrons. The molecule has 2 atom stereocenters. The highest BCUT2D eigenvalue weighted by Crippen LogP contribution is 2.54. The Morgan fingerprint density at radius 1 is 1.33 bits per heavy atom. The summed E-state index contributed by atoms with van der Waals surface area (Å²) in [6.45, 7) is -1.97. The van der Waals surface area contributed by atoms with E-state index in [4.69, 9.17) is 5.11 Å². The molecule has 3 nitrogen and oxygen atoms in total. The molecule has 0 heterocycles. The highest BCUT2D eigenvalue weighted by Gasteiger charge is 2.48. The minimum absolute atomic E-state index is 0.0803. The largest absolute Gasteiger partial charge is 0.390 e. The van der Waals surface area contributed by atoms with Crippen molar-refractivity contribution in [3.8, 4) is 0 Å². The van der Waals surface area contributed by atoms with Gasteiger partial charge in [0.15, 0.2) is 0 Å². The molecule has 0 saturated heterocycles. The van der Waals surface area contributed by atoms with Crippen LogP contribution in [0.25, 0.3) is 0 Å². The first-order valence-electron chi connectivity index (χ1n) is 5.28. The number of aliphatic hydroxyl groups excluding tert-OH is 1. The number of amides is 1. The summed E-state index contributed by atoms with van der Waals surface area (Å²) in [5.74, 6) is -2.23. The number of carbonyl (C=O) groups is 1. The fraction of sp³-hybridized carbons (Fsp3) is 0.900. The summed E-state index contributed by atoms with van der Waals surface area (Å²) in [6, 6.07) is 0. The molecule has 15 heavy (non-hydrogen) atoms. The topological polar surface area (TPSA) is 49.3 Å². The maximum atomic E-state index is 12.6. The second-order valence-corrected chi connectivity index (χ2v) is 4.66. The van der Waals surface area contributed by atoms with Crippen LogP contribution in [0.15, 0.2) is 0 Å². The molecule has 2 aliphatic rings. The van der Waals surface area contributed by atoms with Crippen molar-refractivity contribution >= 4 is 5.91 Å². The number of nitrogens with one attached hydrogen (secondary N) is 1. The van der Waals surface area contributed by atoms with E-state index in [1.54, 1.807) is 0 Å². The van der Waals surface area contributed by atoms with E-state index in [9.17, 15) is 13.6 Å². The van der Waals surface area contributed by atoms with Crippen LogP contribution in [0.5, 0.6) is 0 Å². The molecule has 0 aliphatic heterocycles. The van der Waals surface area contributed by atoms with E-state index in [-0.39, 0.29) is 11.8 Å². The van der Waals surface area contributed by atoms with Crippen molar-refractivity contribution in [1.29, 1.82) is 0 Å². The van der Waals surface area contributed by atoms with Gasteiger partial charge in [0, 0.05) is 5.92 Å². The van der Waals surface area contributed by atoms with Crippen molar-refractivity contribution in [1.82, 2.24) is 5.32 Å². The Hall–Kier alpha value is -0.710. The number of carbonyl (C=O) groups excluding carboxylic acids is 1. The molecular formula is C10H15F2NO2. The Morgan fingerprint density at radius 3 is 2.47 bits per heavy atom. The average Bonchev–Trinajstić information content (AvgIpc) is 2.82. The van der Waals surface area contributed by atoms with E-state index in [0.29, 0.717) is 11.8 Å². The van der Waals surface area contributed by atoms with Gasteiger partial charge in [-0.1, -0.05) is 0 Å². The van der Waals surface area contributed by atoms with Crippen LogP contribution in [0, 0.1) is 17.8 Å². The van der Waals surface area contributed by atoms with Gasteiger partial charge in [0.2, 0.25) is 5.91 Å². The van der Waals surface area contributed by atoms with E-state index in [0.717, 1.165) is 12.8 Å². The first-order valence-corrected chi connectivity index (χ1v) is 5.28. The number of hydrogen-bond donors (Lipinski definition) is 2. The Morgan fingerprint density at radius 2 is 1.93 bits per heavy atom. The fourth-order valence-electron chi connectivity index (χ4n) is 2.35. The van der Waals surface area contributed by atoms with Gasteiger partial charge in [-0.25, -0.2) is 8.78 Å². The quantitative estimate of drug-likeness (QED) is 0.734. The molecule has 2 unspecified atom stereocenters. The maximum Gasteiger partial charge on any atom is 0.287 e. The molecule has 0 bridgehead atoms. The molecule has 0 aromatic heterocycles. The van der Waals surface area contributed by atoms with E-state index >= 15 is 0 Å². The van der Waals surface area contributed by atoms with Crippen LogP contribution >= 0.6 is 0 Å². The minimum Gasteiger partial charge on any atom is -0.390 e. The summed E-state index contributed by atoms with van der Waals surface area (Å²) in [5, 5.41) is 10.5. The molecule has 0 aromatic carbocycles. The Kier molecular flexibility index (Phi) is 2.66. The van der Waals surface area contributed by atoms with Gasteiger partial charge in [-0.2, -0.15) is 0 Å². The van der Waals surface area contributed by atoms with Crippen molar-refractivity contribution in [3.05, 3.63) is 0 Å². The number of aliphatic hydroxyl groups is 1. The molecule has 2 aliphatic carbocycles. The third kappa shape index (κ3) is 2.45. The van der Waals surface area contributed by atoms with Crippen LogP contribution < -0.4 is 5.32 Å². The zero-order valence-corrected chi connectivity index (χ0v) is 8.38. The lowest BCUT2D eigenvalue weighted by atomic mass is 10.0. The number of halogens is 2. The summed E-state index contributed by atoms with van der Waals surface area (Å²) in [5.41, 5.74) is 0. The van der Waals surface area contributed by atoms with Gasteiger partial charge in [-0.3, -0.25) is 4.79 Å². The molecule has 86 valence electrons. The number of rotatable bonds is 4. The predicted molar refractivity (Wildman–Crippen MR) is 49.4 cm³/mol. The van der Waals surface area contributed by atoms with E-state index < -0.39 is 19.1 Å². The van der Waals surface area contributed by atoms with Crippen LogP contribution in [-0.2, 0) is 4.79 Å². The van der Waals surface area contributed by atoms with Gasteiger partial charge >= 0.3 is 0 Å². The van der Waals surface area contributed by atoms with Crippen molar-refractivity contribution in [2.24, 2.45) is 17.8 Å². The van der Waals surface area contributed by atoms with Gasteiger partial charge < -0.3 is 10.4 Å². The molecule has 0 spiro atoms. The average molecular weight is 219 g/mol. The summed E-state index contributed by atoms with van der Waals surface area (Å²) < 4.78 is 25.2.